The van der Waals surface area contributed by atoms with Crippen LogP contribution in [0, 0.1) is 6.92 Å². The average Bonchev–Trinajstić information content (AvgIpc) is 2.75. The lowest BCUT2D eigenvalue weighted by molar-refractivity contribution is -0.174. The van der Waals surface area contributed by atoms with E-state index in [9.17, 15) is 18.0 Å². The van der Waals surface area contributed by atoms with E-state index in [0.717, 1.165) is 24.1 Å². The number of nitrogens with one attached hydrogen (secondary N) is 2. The second-order valence-electron chi connectivity index (χ2n) is 4.39. The Hall–Kier alpha value is -1.57. The molecule has 0 unspecified atom stereocenters. The van der Waals surface area contributed by atoms with Gasteiger partial charge in [-0.2, -0.15) is 18.3 Å². The van der Waals surface area contributed by atoms with Crippen molar-refractivity contribution >= 4 is 5.91 Å². The van der Waals surface area contributed by atoms with Gasteiger partial charge in [0.2, 0.25) is 5.91 Å². The van der Waals surface area contributed by atoms with Gasteiger partial charge in [-0.05, 0) is 25.3 Å². The fraction of sp³-hybridized carbons (Fsp3) is 0.667. The molecule has 0 bridgehead atoms. The number of carbonyl (C=O) groups is 1. The van der Waals surface area contributed by atoms with Gasteiger partial charge in [-0.1, -0.05) is 0 Å². The number of carbonyl (C=O) groups excluding carboxylic acids is 1. The molecular formula is C12H18F3N3O2. The lowest BCUT2D eigenvalue weighted by Gasteiger charge is -2.08. The third kappa shape index (κ3) is 7.13. The molecule has 0 aliphatic carbocycles. The van der Waals surface area contributed by atoms with Crippen LogP contribution in [0.5, 0.6) is 0 Å². The van der Waals surface area contributed by atoms with Gasteiger partial charge in [0.05, 0.1) is 12.8 Å². The molecule has 20 heavy (non-hydrogen) atoms. The van der Waals surface area contributed by atoms with Gasteiger partial charge in [0.1, 0.15) is 6.61 Å². The Morgan fingerprint density at radius 2 is 2.25 bits per heavy atom. The lowest BCUT2D eigenvalue weighted by Crippen LogP contribution is -2.26. The van der Waals surface area contributed by atoms with Crippen LogP contribution in [0.25, 0.3) is 0 Å². The highest BCUT2D eigenvalue weighted by Crippen LogP contribution is 2.14. The molecule has 0 fully saturated rings. The molecule has 0 aliphatic heterocycles. The van der Waals surface area contributed by atoms with Crippen LogP contribution in [0.2, 0.25) is 0 Å². The van der Waals surface area contributed by atoms with Crippen LogP contribution in [0.1, 0.15) is 24.1 Å². The molecule has 0 aromatic carbocycles. The van der Waals surface area contributed by atoms with Crippen LogP contribution in [0.4, 0.5) is 13.2 Å². The molecule has 0 saturated carbocycles. The fourth-order valence-corrected chi connectivity index (χ4v) is 1.58. The molecule has 5 nitrogen and oxygen atoms in total. The predicted molar refractivity (Wildman–Crippen MR) is 66.1 cm³/mol. The number of ether oxygens (including phenoxy) is 1. The molecule has 1 heterocycles. The maximum Gasteiger partial charge on any atom is 0.411 e. The topological polar surface area (TPSA) is 67.0 Å². The second kappa shape index (κ2) is 7.88. The number of aromatic amines is 1. The van der Waals surface area contributed by atoms with E-state index in [1.54, 1.807) is 6.20 Å². The van der Waals surface area contributed by atoms with E-state index in [1.807, 2.05) is 6.92 Å². The van der Waals surface area contributed by atoms with Gasteiger partial charge in [-0.3, -0.25) is 9.89 Å². The number of aryl methyl sites for hydroxylation is 2. The fourth-order valence-electron chi connectivity index (χ4n) is 1.58. The van der Waals surface area contributed by atoms with Crippen molar-refractivity contribution in [2.75, 3.05) is 19.8 Å². The van der Waals surface area contributed by atoms with Crippen LogP contribution < -0.4 is 5.32 Å². The largest absolute Gasteiger partial charge is 0.411 e. The molecule has 0 aliphatic rings. The summed E-state index contributed by atoms with van der Waals surface area (Å²) in [5.74, 6) is -0.309. The number of alkyl halides is 3. The molecule has 0 saturated heterocycles. The Bertz CT molecular complexity index is 418. The molecule has 1 aromatic heterocycles. The SMILES string of the molecule is Cc1[nH]ncc1CCCNC(=O)CCOCC(F)(F)F. The first kappa shape index (κ1) is 16.5. The minimum Gasteiger partial charge on any atom is -0.372 e. The second-order valence-corrected chi connectivity index (χ2v) is 4.39. The van der Waals surface area contributed by atoms with Crippen LogP contribution >= 0.6 is 0 Å². The van der Waals surface area contributed by atoms with Crippen molar-refractivity contribution in [2.24, 2.45) is 0 Å². The summed E-state index contributed by atoms with van der Waals surface area (Å²) in [7, 11) is 0. The summed E-state index contributed by atoms with van der Waals surface area (Å²) in [5.41, 5.74) is 2.09. The molecule has 0 spiro atoms. The molecule has 114 valence electrons. The first-order valence-corrected chi connectivity index (χ1v) is 6.28. The zero-order valence-electron chi connectivity index (χ0n) is 11.2. The Morgan fingerprint density at radius 3 is 2.85 bits per heavy atom. The zero-order chi connectivity index (χ0) is 15.0. The number of hydrogen-bond donors (Lipinski definition) is 2. The van der Waals surface area contributed by atoms with E-state index in [4.69, 9.17) is 0 Å². The molecule has 0 radical (unpaired) electrons. The van der Waals surface area contributed by atoms with Crippen LogP contribution in [-0.4, -0.2) is 42.0 Å². The number of nitrogens with zero attached hydrogens (tertiary/aromatic N) is 1. The average molecular weight is 293 g/mol. The van der Waals surface area contributed by atoms with Crippen LogP contribution in [0.15, 0.2) is 6.20 Å². The van der Waals surface area contributed by atoms with Gasteiger partial charge in [0.25, 0.3) is 0 Å². The summed E-state index contributed by atoms with van der Waals surface area (Å²) in [6, 6.07) is 0. The summed E-state index contributed by atoms with van der Waals surface area (Å²) >= 11 is 0. The van der Waals surface area contributed by atoms with Crippen molar-refractivity contribution in [1.82, 2.24) is 15.5 Å². The first-order valence-electron chi connectivity index (χ1n) is 6.28. The van der Waals surface area contributed by atoms with Crippen molar-refractivity contribution < 1.29 is 22.7 Å². The third-order valence-corrected chi connectivity index (χ3v) is 2.62. The van der Waals surface area contributed by atoms with Gasteiger partial charge in [0, 0.05) is 18.7 Å². The van der Waals surface area contributed by atoms with E-state index in [-0.39, 0.29) is 18.9 Å². The van der Waals surface area contributed by atoms with E-state index < -0.39 is 12.8 Å². The number of amides is 1. The van der Waals surface area contributed by atoms with Crippen LogP contribution in [-0.2, 0) is 16.0 Å². The third-order valence-electron chi connectivity index (χ3n) is 2.62. The normalized spacial score (nSPS) is 11.6. The Morgan fingerprint density at radius 1 is 1.50 bits per heavy atom. The number of hydrogen-bond acceptors (Lipinski definition) is 3. The molecule has 1 aromatic rings. The summed E-state index contributed by atoms with van der Waals surface area (Å²) in [6.45, 7) is 0.841. The number of H-pyrrole nitrogens is 1. The first-order chi connectivity index (χ1) is 9.38. The maximum atomic E-state index is 11.8. The maximum absolute atomic E-state index is 11.8. The molecule has 8 heteroatoms. The predicted octanol–water partition coefficient (Wildman–Crippen LogP) is 1.74. The van der Waals surface area contributed by atoms with Gasteiger partial charge < -0.3 is 10.1 Å². The van der Waals surface area contributed by atoms with E-state index >= 15 is 0 Å². The molecule has 2 N–H and O–H groups in total. The van der Waals surface area contributed by atoms with Gasteiger partial charge in [-0.25, -0.2) is 0 Å². The minimum atomic E-state index is -4.35. The number of aromatic nitrogens is 2. The standard InChI is InChI=1S/C12H18F3N3O2/c1-9-10(7-17-18-9)3-2-5-16-11(19)4-6-20-8-12(13,14)15/h7H,2-6,8H2,1H3,(H,16,19)(H,17,18). The summed E-state index contributed by atoms with van der Waals surface area (Å²) in [6.07, 6.45) is -1.15. The van der Waals surface area contributed by atoms with Gasteiger partial charge in [-0.15, -0.1) is 0 Å². The zero-order valence-corrected chi connectivity index (χ0v) is 11.2. The van der Waals surface area contributed by atoms with Crippen molar-refractivity contribution in [3.8, 4) is 0 Å². The Balaban J connectivity index is 2.02. The van der Waals surface area contributed by atoms with Crippen molar-refractivity contribution in [3.05, 3.63) is 17.5 Å². The highest BCUT2D eigenvalue weighted by atomic mass is 19.4. The van der Waals surface area contributed by atoms with Crippen molar-refractivity contribution in [1.29, 1.82) is 0 Å². The quantitative estimate of drug-likeness (QED) is 0.717. The molecular weight excluding hydrogens is 275 g/mol. The van der Waals surface area contributed by atoms with E-state index in [1.165, 1.54) is 0 Å². The molecule has 1 amide bonds. The Kier molecular flexibility index (Phi) is 6.50. The van der Waals surface area contributed by atoms with Crippen molar-refractivity contribution in [2.45, 2.75) is 32.4 Å². The van der Waals surface area contributed by atoms with Gasteiger partial charge in [0.15, 0.2) is 0 Å². The smallest absolute Gasteiger partial charge is 0.372 e. The summed E-state index contributed by atoms with van der Waals surface area (Å²) in [5, 5.41) is 9.33. The Labute approximate surface area is 114 Å². The highest BCUT2D eigenvalue weighted by Gasteiger charge is 2.27. The number of halogens is 3. The van der Waals surface area contributed by atoms with Crippen molar-refractivity contribution in [3.63, 3.8) is 0 Å². The van der Waals surface area contributed by atoms with E-state index in [2.05, 4.69) is 20.3 Å². The summed E-state index contributed by atoms with van der Waals surface area (Å²) in [4.78, 5) is 11.3. The highest BCUT2D eigenvalue weighted by molar-refractivity contribution is 5.75. The monoisotopic (exact) mass is 293 g/mol. The van der Waals surface area contributed by atoms with Gasteiger partial charge >= 0.3 is 6.18 Å². The minimum absolute atomic E-state index is 0.0686. The summed E-state index contributed by atoms with van der Waals surface area (Å²) < 4.78 is 39.6. The number of rotatable bonds is 8. The van der Waals surface area contributed by atoms with E-state index in [0.29, 0.717) is 6.54 Å². The molecule has 1 rings (SSSR count). The molecule has 0 atom stereocenters. The van der Waals surface area contributed by atoms with Crippen LogP contribution in [0.3, 0.4) is 0 Å². The lowest BCUT2D eigenvalue weighted by atomic mass is 10.1.